The standard InChI is InChI=1S/C11H18N2O4/c1-7(12-8(2)14)11(17)13(6-10(15)16)5-9-3-4-9/h7,9H,3-6H2,1-2H3,(H,12,14)(H,15,16). The number of hydrogen-bond acceptors (Lipinski definition) is 3. The van der Waals surface area contributed by atoms with Crippen molar-refractivity contribution < 1.29 is 19.5 Å². The second-order valence-electron chi connectivity index (χ2n) is 4.48. The summed E-state index contributed by atoms with van der Waals surface area (Å²) in [6.07, 6.45) is 2.08. The summed E-state index contributed by atoms with van der Waals surface area (Å²) in [5.74, 6) is -1.25. The van der Waals surface area contributed by atoms with Crippen molar-refractivity contribution in [1.29, 1.82) is 0 Å². The lowest BCUT2D eigenvalue weighted by Crippen LogP contribution is -2.48. The number of carbonyl (C=O) groups excluding carboxylic acids is 2. The number of carbonyl (C=O) groups is 3. The summed E-state index contributed by atoms with van der Waals surface area (Å²) in [7, 11) is 0. The van der Waals surface area contributed by atoms with Gasteiger partial charge >= 0.3 is 5.97 Å². The number of hydrogen-bond donors (Lipinski definition) is 2. The predicted octanol–water partition coefficient (Wildman–Crippen LogP) is -0.166. The molecule has 2 amide bonds. The van der Waals surface area contributed by atoms with Crippen molar-refractivity contribution in [2.24, 2.45) is 5.92 Å². The van der Waals surface area contributed by atoms with E-state index in [1.54, 1.807) is 6.92 Å². The summed E-state index contributed by atoms with van der Waals surface area (Å²) in [6.45, 7) is 3.05. The van der Waals surface area contributed by atoms with Gasteiger partial charge in [0.2, 0.25) is 11.8 Å². The van der Waals surface area contributed by atoms with Gasteiger partial charge in [-0.25, -0.2) is 0 Å². The van der Waals surface area contributed by atoms with Gasteiger partial charge in [-0.3, -0.25) is 14.4 Å². The molecule has 96 valence electrons. The summed E-state index contributed by atoms with van der Waals surface area (Å²) < 4.78 is 0. The highest BCUT2D eigenvalue weighted by molar-refractivity contribution is 5.88. The third-order valence-corrected chi connectivity index (χ3v) is 2.60. The fraction of sp³-hybridized carbons (Fsp3) is 0.727. The number of carboxylic acids is 1. The molecule has 0 spiro atoms. The average molecular weight is 242 g/mol. The minimum Gasteiger partial charge on any atom is -0.480 e. The zero-order valence-corrected chi connectivity index (χ0v) is 10.1. The number of amides is 2. The minimum absolute atomic E-state index is 0.299. The van der Waals surface area contributed by atoms with Crippen LogP contribution in [0.4, 0.5) is 0 Å². The number of nitrogens with one attached hydrogen (secondary N) is 1. The highest BCUT2D eigenvalue weighted by Crippen LogP contribution is 2.29. The van der Waals surface area contributed by atoms with Gasteiger partial charge in [0.15, 0.2) is 0 Å². The van der Waals surface area contributed by atoms with E-state index < -0.39 is 12.0 Å². The third-order valence-electron chi connectivity index (χ3n) is 2.60. The molecule has 0 bridgehead atoms. The second kappa shape index (κ2) is 5.65. The molecule has 0 aromatic heterocycles. The second-order valence-corrected chi connectivity index (χ2v) is 4.48. The highest BCUT2D eigenvalue weighted by atomic mass is 16.4. The van der Waals surface area contributed by atoms with Gasteiger partial charge < -0.3 is 15.3 Å². The van der Waals surface area contributed by atoms with E-state index >= 15 is 0 Å². The van der Waals surface area contributed by atoms with Gasteiger partial charge in [-0.05, 0) is 25.7 Å². The van der Waals surface area contributed by atoms with Crippen LogP contribution in [0.25, 0.3) is 0 Å². The molecule has 1 fully saturated rings. The molecule has 0 aromatic carbocycles. The number of nitrogens with zero attached hydrogens (tertiary/aromatic N) is 1. The Morgan fingerprint density at radius 1 is 1.41 bits per heavy atom. The van der Waals surface area contributed by atoms with Crippen molar-refractivity contribution in [2.75, 3.05) is 13.1 Å². The Morgan fingerprint density at radius 3 is 2.41 bits per heavy atom. The Bertz CT molecular complexity index is 325. The lowest BCUT2D eigenvalue weighted by atomic mass is 10.2. The number of aliphatic carboxylic acids is 1. The van der Waals surface area contributed by atoms with E-state index in [9.17, 15) is 14.4 Å². The molecule has 0 radical (unpaired) electrons. The molecule has 1 aliphatic carbocycles. The lowest BCUT2D eigenvalue weighted by molar-refractivity contribution is -0.145. The van der Waals surface area contributed by atoms with Gasteiger partial charge in [0, 0.05) is 13.5 Å². The first-order valence-corrected chi connectivity index (χ1v) is 5.68. The average Bonchev–Trinajstić information content (AvgIpc) is 2.97. The zero-order valence-electron chi connectivity index (χ0n) is 10.1. The van der Waals surface area contributed by atoms with Gasteiger partial charge in [-0.2, -0.15) is 0 Å². The molecule has 0 saturated heterocycles. The Hall–Kier alpha value is -1.59. The Morgan fingerprint density at radius 2 is 2.00 bits per heavy atom. The fourth-order valence-corrected chi connectivity index (χ4v) is 1.65. The zero-order chi connectivity index (χ0) is 13.0. The minimum atomic E-state index is -1.03. The predicted molar refractivity (Wildman–Crippen MR) is 60.2 cm³/mol. The van der Waals surface area contributed by atoms with Crippen LogP contribution in [0.2, 0.25) is 0 Å². The largest absolute Gasteiger partial charge is 0.480 e. The molecule has 1 rings (SSSR count). The van der Waals surface area contributed by atoms with Crippen LogP contribution in [-0.4, -0.2) is 46.9 Å². The normalized spacial score (nSPS) is 16.1. The smallest absolute Gasteiger partial charge is 0.323 e. The molecule has 0 heterocycles. The number of carboxylic acid groups (broad SMARTS) is 1. The maximum atomic E-state index is 11.9. The number of rotatable bonds is 6. The summed E-state index contributed by atoms with van der Waals surface area (Å²) in [5, 5.41) is 11.2. The van der Waals surface area contributed by atoms with Crippen molar-refractivity contribution in [2.45, 2.75) is 32.7 Å². The van der Waals surface area contributed by atoms with E-state index in [0.717, 1.165) is 12.8 Å². The quantitative estimate of drug-likeness (QED) is 0.677. The van der Waals surface area contributed by atoms with Crippen LogP contribution in [0.15, 0.2) is 0 Å². The summed E-state index contributed by atoms with van der Waals surface area (Å²) >= 11 is 0. The first kappa shape index (κ1) is 13.5. The van der Waals surface area contributed by atoms with E-state index in [1.807, 2.05) is 0 Å². The van der Waals surface area contributed by atoms with Crippen molar-refractivity contribution in [3.63, 3.8) is 0 Å². The molecule has 1 aliphatic rings. The summed E-state index contributed by atoms with van der Waals surface area (Å²) in [4.78, 5) is 34.8. The molecule has 0 aliphatic heterocycles. The first-order valence-electron chi connectivity index (χ1n) is 5.68. The van der Waals surface area contributed by atoms with Gasteiger partial charge in [0.1, 0.15) is 12.6 Å². The van der Waals surface area contributed by atoms with Crippen LogP contribution in [0.1, 0.15) is 26.7 Å². The molecule has 1 unspecified atom stereocenters. The van der Waals surface area contributed by atoms with Crippen molar-refractivity contribution in [1.82, 2.24) is 10.2 Å². The Labute approximate surface area is 100.0 Å². The Kier molecular flexibility index (Phi) is 4.48. The lowest BCUT2D eigenvalue weighted by Gasteiger charge is -2.24. The maximum Gasteiger partial charge on any atom is 0.323 e. The van der Waals surface area contributed by atoms with Gasteiger partial charge in [0.05, 0.1) is 0 Å². The van der Waals surface area contributed by atoms with E-state index in [0.29, 0.717) is 12.5 Å². The van der Waals surface area contributed by atoms with E-state index in [4.69, 9.17) is 5.11 Å². The van der Waals surface area contributed by atoms with Crippen molar-refractivity contribution >= 4 is 17.8 Å². The third kappa shape index (κ3) is 4.84. The topological polar surface area (TPSA) is 86.7 Å². The fourth-order valence-electron chi connectivity index (χ4n) is 1.65. The molecule has 17 heavy (non-hydrogen) atoms. The van der Waals surface area contributed by atoms with Crippen molar-refractivity contribution in [3.8, 4) is 0 Å². The molecular formula is C11H18N2O4. The Balaban J connectivity index is 2.56. The van der Waals surface area contributed by atoms with Gasteiger partial charge in [-0.1, -0.05) is 0 Å². The van der Waals surface area contributed by atoms with Crippen LogP contribution in [0.5, 0.6) is 0 Å². The van der Waals surface area contributed by atoms with Crippen molar-refractivity contribution in [3.05, 3.63) is 0 Å². The van der Waals surface area contributed by atoms with E-state index in [2.05, 4.69) is 5.32 Å². The van der Waals surface area contributed by atoms with Crippen LogP contribution >= 0.6 is 0 Å². The molecule has 1 atom stereocenters. The molecule has 6 nitrogen and oxygen atoms in total. The summed E-state index contributed by atoms with van der Waals surface area (Å²) in [6, 6.07) is -0.675. The summed E-state index contributed by atoms with van der Waals surface area (Å²) in [5.41, 5.74) is 0. The molecule has 1 saturated carbocycles. The molecular weight excluding hydrogens is 224 g/mol. The van der Waals surface area contributed by atoms with Crippen LogP contribution in [0, 0.1) is 5.92 Å². The molecule has 0 aromatic rings. The van der Waals surface area contributed by atoms with E-state index in [-0.39, 0.29) is 18.4 Å². The monoisotopic (exact) mass is 242 g/mol. The highest BCUT2D eigenvalue weighted by Gasteiger charge is 2.30. The molecule has 2 N–H and O–H groups in total. The maximum absolute atomic E-state index is 11.9. The van der Waals surface area contributed by atoms with Crippen LogP contribution < -0.4 is 5.32 Å². The van der Waals surface area contributed by atoms with Gasteiger partial charge in [0.25, 0.3) is 0 Å². The first-order chi connectivity index (χ1) is 7.90. The van der Waals surface area contributed by atoms with Crippen LogP contribution in [-0.2, 0) is 14.4 Å². The van der Waals surface area contributed by atoms with E-state index in [1.165, 1.54) is 11.8 Å². The SMILES string of the molecule is CC(=O)NC(C)C(=O)N(CC(=O)O)CC1CC1. The van der Waals surface area contributed by atoms with Gasteiger partial charge in [-0.15, -0.1) is 0 Å². The van der Waals surface area contributed by atoms with Crippen LogP contribution in [0.3, 0.4) is 0 Å². The molecule has 6 heteroatoms.